The minimum atomic E-state index is -3.37. The fourth-order valence-electron chi connectivity index (χ4n) is 1.06. The van der Waals surface area contributed by atoms with Crippen molar-refractivity contribution in [3.63, 3.8) is 0 Å². The van der Waals surface area contributed by atoms with Gasteiger partial charge in [0.25, 0.3) is 11.8 Å². The standard InChI is InChI=1S/C10H10BrF2NO3/c11-6-1-2-7(8(16)3-6)9(17)14-4-10(12,13)5-15/h1-3,15-16H,4-5H2,(H,14,17). The summed E-state index contributed by atoms with van der Waals surface area (Å²) in [6.07, 6.45) is 0. The Balaban J connectivity index is 2.71. The number of aliphatic hydroxyl groups excluding tert-OH is 1. The number of benzene rings is 1. The molecule has 17 heavy (non-hydrogen) atoms. The van der Waals surface area contributed by atoms with E-state index in [4.69, 9.17) is 5.11 Å². The number of phenolic OH excluding ortho intramolecular Hbond substituents is 1. The van der Waals surface area contributed by atoms with Crippen LogP contribution in [0.2, 0.25) is 0 Å². The van der Waals surface area contributed by atoms with E-state index in [1.165, 1.54) is 18.2 Å². The highest BCUT2D eigenvalue weighted by molar-refractivity contribution is 9.10. The van der Waals surface area contributed by atoms with Gasteiger partial charge in [-0.05, 0) is 18.2 Å². The molecule has 0 spiro atoms. The first-order valence-corrected chi connectivity index (χ1v) is 5.40. The summed E-state index contributed by atoms with van der Waals surface area (Å²) in [5.74, 6) is -4.52. The molecule has 7 heteroatoms. The number of hydrogen-bond donors (Lipinski definition) is 3. The van der Waals surface area contributed by atoms with E-state index in [1.807, 2.05) is 5.32 Å². The molecule has 1 aromatic rings. The van der Waals surface area contributed by atoms with E-state index in [2.05, 4.69) is 15.9 Å². The number of aromatic hydroxyl groups is 1. The smallest absolute Gasteiger partial charge is 0.287 e. The molecule has 0 heterocycles. The van der Waals surface area contributed by atoms with Crippen molar-refractivity contribution in [3.05, 3.63) is 28.2 Å². The zero-order valence-corrected chi connectivity index (χ0v) is 10.2. The molecule has 0 aliphatic rings. The Kier molecular flexibility index (Phi) is 4.41. The fraction of sp³-hybridized carbons (Fsp3) is 0.300. The van der Waals surface area contributed by atoms with E-state index in [1.54, 1.807) is 0 Å². The largest absolute Gasteiger partial charge is 0.507 e. The lowest BCUT2D eigenvalue weighted by molar-refractivity contribution is -0.0462. The summed E-state index contributed by atoms with van der Waals surface area (Å²) in [6.45, 7) is -2.34. The molecule has 1 aromatic carbocycles. The molecular formula is C10H10BrF2NO3. The monoisotopic (exact) mass is 309 g/mol. The van der Waals surface area contributed by atoms with Crippen LogP contribution in [0.5, 0.6) is 5.75 Å². The molecule has 0 aromatic heterocycles. The van der Waals surface area contributed by atoms with Crippen LogP contribution in [0.25, 0.3) is 0 Å². The normalized spacial score (nSPS) is 11.3. The molecule has 0 atom stereocenters. The number of amides is 1. The lowest BCUT2D eigenvalue weighted by atomic mass is 10.2. The van der Waals surface area contributed by atoms with Gasteiger partial charge < -0.3 is 15.5 Å². The fourth-order valence-corrected chi connectivity index (χ4v) is 1.41. The van der Waals surface area contributed by atoms with Crippen LogP contribution in [0.15, 0.2) is 22.7 Å². The van der Waals surface area contributed by atoms with Crippen LogP contribution in [-0.2, 0) is 0 Å². The number of aliphatic hydroxyl groups is 1. The summed E-state index contributed by atoms with van der Waals surface area (Å²) < 4.78 is 25.9. The van der Waals surface area contributed by atoms with Gasteiger partial charge in [0.2, 0.25) is 0 Å². The average Bonchev–Trinajstić information content (AvgIpc) is 2.26. The molecule has 0 aliphatic heterocycles. The van der Waals surface area contributed by atoms with Crippen LogP contribution >= 0.6 is 15.9 Å². The third-order valence-electron chi connectivity index (χ3n) is 1.94. The Morgan fingerprint density at radius 2 is 2.12 bits per heavy atom. The van der Waals surface area contributed by atoms with Crippen LogP contribution in [0.4, 0.5) is 8.78 Å². The van der Waals surface area contributed by atoms with Gasteiger partial charge in [0.1, 0.15) is 12.4 Å². The highest BCUT2D eigenvalue weighted by Crippen LogP contribution is 2.22. The van der Waals surface area contributed by atoms with Gasteiger partial charge in [0, 0.05) is 4.47 Å². The summed E-state index contributed by atoms with van der Waals surface area (Å²) in [5.41, 5.74) is -0.109. The van der Waals surface area contributed by atoms with Crippen molar-refractivity contribution in [3.8, 4) is 5.75 Å². The summed E-state index contributed by atoms with van der Waals surface area (Å²) in [7, 11) is 0. The highest BCUT2D eigenvalue weighted by atomic mass is 79.9. The Hall–Kier alpha value is -1.21. The van der Waals surface area contributed by atoms with E-state index in [9.17, 15) is 18.7 Å². The quantitative estimate of drug-likeness (QED) is 0.789. The molecule has 3 N–H and O–H groups in total. The molecule has 94 valence electrons. The molecule has 0 radical (unpaired) electrons. The second-order valence-electron chi connectivity index (χ2n) is 3.36. The van der Waals surface area contributed by atoms with Gasteiger partial charge in [-0.3, -0.25) is 4.79 Å². The molecule has 0 saturated carbocycles. The Morgan fingerprint density at radius 3 is 2.65 bits per heavy atom. The Labute approximate surface area is 104 Å². The maximum Gasteiger partial charge on any atom is 0.287 e. The molecule has 1 rings (SSSR count). The number of hydrogen-bond acceptors (Lipinski definition) is 3. The topological polar surface area (TPSA) is 69.6 Å². The lowest BCUT2D eigenvalue weighted by Gasteiger charge is -2.14. The minimum Gasteiger partial charge on any atom is -0.507 e. The number of phenols is 1. The molecule has 0 unspecified atom stereocenters. The maximum atomic E-state index is 12.7. The van der Waals surface area contributed by atoms with Gasteiger partial charge in [0.05, 0.1) is 12.1 Å². The van der Waals surface area contributed by atoms with Gasteiger partial charge in [-0.15, -0.1) is 0 Å². The number of halogens is 3. The zero-order valence-electron chi connectivity index (χ0n) is 8.58. The van der Waals surface area contributed by atoms with E-state index >= 15 is 0 Å². The van der Waals surface area contributed by atoms with Crippen molar-refractivity contribution in [1.29, 1.82) is 0 Å². The SMILES string of the molecule is O=C(NCC(F)(F)CO)c1ccc(Br)cc1O. The second-order valence-corrected chi connectivity index (χ2v) is 4.27. The van der Waals surface area contributed by atoms with Crippen molar-refractivity contribution in [2.24, 2.45) is 0 Å². The minimum absolute atomic E-state index is 0.109. The first-order chi connectivity index (χ1) is 7.85. The van der Waals surface area contributed by atoms with Crippen LogP contribution in [0.3, 0.4) is 0 Å². The highest BCUT2D eigenvalue weighted by Gasteiger charge is 2.28. The summed E-state index contributed by atoms with van der Waals surface area (Å²) in [5, 5.41) is 19.7. The molecule has 0 fully saturated rings. The van der Waals surface area contributed by atoms with Gasteiger partial charge in [-0.2, -0.15) is 0 Å². The number of carbonyl (C=O) groups is 1. The predicted octanol–water partition coefficient (Wildman–Crippen LogP) is 1.51. The van der Waals surface area contributed by atoms with Gasteiger partial charge >= 0.3 is 0 Å². The maximum absolute atomic E-state index is 12.7. The molecular weight excluding hydrogens is 300 g/mol. The summed E-state index contributed by atoms with van der Waals surface area (Å²) >= 11 is 3.08. The summed E-state index contributed by atoms with van der Waals surface area (Å²) in [6, 6.07) is 4.07. The molecule has 0 bridgehead atoms. The Morgan fingerprint density at radius 1 is 1.47 bits per heavy atom. The number of carbonyl (C=O) groups excluding carboxylic acids is 1. The molecule has 4 nitrogen and oxygen atoms in total. The third-order valence-corrected chi connectivity index (χ3v) is 2.44. The van der Waals surface area contributed by atoms with E-state index in [0.717, 1.165) is 0 Å². The van der Waals surface area contributed by atoms with E-state index in [0.29, 0.717) is 4.47 Å². The zero-order chi connectivity index (χ0) is 13.1. The van der Waals surface area contributed by atoms with Crippen LogP contribution < -0.4 is 5.32 Å². The summed E-state index contributed by atoms with van der Waals surface area (Å²) in [4.78, 5) is 11.4. The Bertz CT molecular complexity index is 426. The van der Waals surface area contributed by atoms with Crippen molar-refractivity contribution < 1.29 is 23.8 Å². The number of alkyl halides is 2. The van der Waals surface area contributed by atoms with E-state index < -0.39 is 25.0 Å². The lowest BCUT2D eigenvalue weighted by Crippen LogP contribution is -2.38. The number of nitrogens with one attached hydrogen (secondary N) is 1. The second kappa shape index (κ2) is 5.42. The van der Waals surface area contributed by atoms with Gasteiger partial charge in [-0.1, -0.05) is 15.9 Å². The van der Waals surface area contributed by atoms with E-state index in [-0.39, 0.29) is 11.3 Å². The molecule has 1 amide bonds. The third kappa shape index (κ3) is 3.94. The van der Waals surface area contributed by atoms with Crippen molar-refractivity contribution >= 4 is 21.8 Å². The van der Waals surface area contributed by atoms with Crippen LogP contribution in [0.1, 0.15) is 10.4 Å². The van der Waals surface area contributed by atoms with Crippen LogP contribution in [-0.4, -0.2) is 35.2 Å². The van der Waals surface area contributed by atoms with Crippen molar-refractivity contribution in [1.82, 2.24) is 5.32 Å². The molecule has 0 aliphatic carbocycles. The predicted molar refractivity (Wildman–Crippen MR) is 60.2 cm³/mol. The first kappa shape index (κ1) is 13.9. The van der Waals surface area contributed by atoms with Crippen molar-refractivity contribution in [2.45, 2.75) is 5.92 Å². The average molecular weight is 310 g/mol. The van der Waals surface area contributed by atoms with Gasteiger partial charge in [0.15, 0.2) is 0 Å². The first-order valence-electron chi connectivity index (χ1n) is 4.61. The van der Waals surface area contributed by atoms with Crippen LogP contribution in [0, 0.1) is 0 Å². The van der Waals surface area contributed by atoms with Crippen molar-refractivity contribution in [2.75, 3.05) is 13.2 Å². The number of rotatable bonds is 4. The molecule has 0 saturated heterocycles. The van der Waals surface area contributed by atoms with Gasteiger partial charge in [-0.25, -0.2) is 8.78 Å².